The largest absolute Gasteiger partial charge is 0.494 e. The van der Waals surface area contributed by atoms with Crippen LogP contribution in [0.1, 0.15) is 12.2 Å². The Hall–Kier alpha value is -5.08. The van der Waals surface area contributed by atoms with Crippen molar-refractivity contribution in [1.29, 1.82) is 0 Å². The third kappa shape index (κ3) is 6.45. The number of H-pyrrole nitrogens is 1. The third-order valence-corrected chi connectivity index (χ3v) is 7.07. The lowest BCUT2D eigenvalue weighted by atomic mass is 10.1. The van der Waals surface area contributed by atoms with Crippen LogP contribution in [-0.2, 0) is 6.42 Å². The van der Waals surface area contributed by atoms with Gasteiger partial charge in [-0.15, -0.1) is 0 Å². The quantitative estimate of drug-likeness (QED) is 0.123. The Morgan fingerprint density at radius 1 is 1.16 bits per heavy atom. The van der Waals surface area contributed by atoms with Crippen molar-refractivity contribution in [3.8, 4) is 28.4 Å². The monoisotopic (exact) mass is 604 g/mol. The van der Waals surface area contributed by atoms with Crippen molar-refractivity contribution in [3.63, 3.8) is 0 Å². The number of nitro benzene ring substituents is 1. The van der Waals surface area contributed by atoms with Gasteiger partial charge >= 0.3 is 0 Å². The van der Waals surface area contributed by atoms with E-state index in [-0.39, 0.29) is 23.8 Å². The molecule has 0 fully saturated rings. The number of imidazole rings is 1. The van der Waals surface area contributed by atoms with Gasteiger partial charge in [0.2, 0.25) is 5.95 Å². The van der Waals surface area contributed by atoms with Gasteiger partial charge < -0.3 is 34.4 Å². The number of fused-ring (bicyclic) bond motifs is 1. The highest BCUT2D eigenvalue weighted by Crippen LogP contribution is 2.39. The summed E-state index contributed by atoms with van der Waals surface area (Å²) in [4.78, 5) is 32.2. The van der Waals surface area contributed by atoms with Gasteiger partial charge in [0.05, 0.1) is 35.4 Å². The molecule has 3 aromatic heterocycles. The number of ether oxygens (including phenoxy) is 1. The lowest BCUT2D eigenvalue weighted by Gasteiger charge is -2.22. The number of nitrogens with zero attached hydrogens (tertiary/aromatic N) is 6. The van der Waals surface area contributed by atoms with Gasteiger partial charge in [-0.05, 0) is 44.8 Å². The molecule has 5 aromatic rings. The molecular weight excluding hydrogens is 571 g/mol. The van der Waals surface area contributed by atoms with E-state index in [9.17, 15) is 15.2 Å². The molecule has 3 heterocycles. The number of aromatic amines is 1. The zero-order chi connectivity index (χ0) is 31.4. The number of hydrogen-bond acceptors (Lipinski definition) is 11. The first-order chi connectivity index (χ1) is 21.2. The minimum absolute atomic E-state index is 0.0299. The van der Waals surface area contributed by atoms with Crippen molar-refractivity contribution in [1.82, 2.24) is 24.8 Å². The summed E-state index contributed by atoms with van der Waals surface area (Å²) >= 11 is 0. The van der Waals surface area contributed by atoms with E-state index in [4.69, 9.17) is 9.15 Å². The van der Waals surface area contributed by atoms with Crippen molar-refractivity contribution in [2.75, 3.05) is 58.2 Å². The first-order valence-electron chi connectivity index (χ1n) is 13.9. The molecule has 5 rings (SSSR count). The number of likely N-dealkylation sites (N-methyl/N-ethyl adjacent to an activating group) is 2. The highest BCUT2D eigenvalue weighted by atomic mass is 19.1. The second-order valence-electron chi connectivity index (χ2n) is 10.4. The van der Waals surface area contributed by atoms with E-state index in [0.717, 1.165) is 0 Å². The van der Waals surface area contributed by atoms with Gasteiger partial charge in [-0.2, -0.15) is 0 Å². The molecule has 0 amide bonds. The van der Waals surface area contributed by atoms with Gasteiger partial charge in [0, 0.05) is 62.4 Å². The molecule has 0 aliphatic rings. The lowest BCUT2D eigenvalue weighted by molar-refractivity contribution is -0.384. The van der Waals surface area contributed by atoms with Gasteiger partial charge in [0.15, 0.2) is 0 Å². The minimum Gasteiger partial charge on any atom is -0.494 e. The van der Waals surface area contributed by atoms with E-state index in [1.54, 1.807) is 36.2 Å². The minimum atomic E-state index is -0.486. The Kier molecular flexibility index (Phi) is 9.01. The number of aliphatic hydroxyl groups excluding tert-OH is 1. The molecule has 0 radical (unpaired) electrons. The van der Waals surface area contributed by atoms with E-state index in [0.29, 0.717) is 76.9 Å². The Morgan fingerprint density at radius 2 is 1.98 bits per heavy atom. The van der Waals surface area contributed by atoms with Crippen LogP contribution in [0.15, 0.2) is 53.3 Å². The molecule has 0 atom stereocenters. The normalized spacial score (nSPS) is 11.3. The number of halogens is 1. The van der Waals surface area contributed by atoms with Crippen LogP contribution in [-0.4, -0.2) is 82.8 Å². The number of rotatable bonds is 13. The van der Waals surface area contributed by atoms with Crippen LogP contribution in [0.3, 0.4) is 0 Å². The molecule has 14 heteroatoms. The first kappa shape index (κ1) is 30.4. The zero-order valence-corrected chi connectivity index (χ0v) is 24.8. The maximum Gasteiger partial charge on any atom is 0.294 e. The molecular formula is C30H33FN8O5. The second kappa shape index (κ2) is 13.1. The van der Waals surface area contributed by atoms with E-state index in [1.165, 1.54) is 31.7 Å². The molecule has 3 N–H and O–H groups in total. The predicted octanol–water partition coefficient (Wildman–Crippen LogP) is 5.00. The number of nitrogens with one attached hydrogen (secondary N) is 2. The summed E-state index contributed by atoms with van der Waals surface area (Å²) in [5, 5.41) is 25.1. The Morgan fingerprint density at radius 3 is 2.70 bits per heavy atom. The maximum atomic E-state index is 15.3. The molecule has 0 saturated carbocycles. The number of nitro groups is 1. The number of methoxy groups -OCH3 is 1. The van der Waals surface area contributed by atoms with Gasteiger partial charge in [0.1, 0.15) is 34.4 Å². The van der Waals surface area contributed by atoms with Crippen LogP contribution in [0, 0.1) is 15.9 Å². The van der Waals surface area contributed by atoms with Crippen LogP contribution < -0.4 is 15.0 Å². The molecule has 0 unspecified atom stereocenters. The highest BCUT2D eigenvalue weighted by Gasteiger charge is 2.24. The molecule has 230 valence electrons. The number of benzene rings is 2. The number of hydrogen-bond donors (Lipinski definition) is 3. The van der Waals surface area contributed by atoms with Crippen LogP contribution in [0.5, 0.6) is 5.75 Å². The number of aliphatic hydroxyl groups is 1. The molecule has 0 saturated heterocycles. The Balaban J connectivity index is 1.53. The van der Waals surface area contributed by atoms with E-state index >= 15 is 4.39 Å². The summed E-state index contributed by atoms with van der Waals surface area (Å²) in [6.45, 7) is 1.24. The summed E-state index contributed by atoms with van der Waals surface area (Å²) < 4.78 is 26.4. The summed E-state index contributed by atoms with van der Waals surface area (Å²) in [5.74, 6) is 0.546. The van der Waals surface area contributed by atoms with Crippen LogP contribution in [0.2, 0.25) is 0 Å². The van der Waals surface area contributed by atoms with Gasteiger partial charge in [0.25, 0.3) is 5.69 Å². The Bertz CT molecular complexity index is 1790. The molecule has 0 spiro atoms. The van der Waals surface area contributed by atoms with Crippen molar-refractivity contribution in [3.05, 3.63) is 70.6 Å². The van der Waals surface area contributed by atoms with E-state index in [2.05, 4.69) is 25.3 Å². The number of anilines is 3. The fourth-order valence-electron chi connectivity index (χ4n) is 4.76. The lowest BCUT2D eigenvalue weighted by Crippen LogP contribution is -2.28. The summed E-state index contributed by atoms with van der Waals surface area (Å²) in [5.41, 5.74) is 2.45. The first-order valence-corrected chi connectivity index (χ1v) is 13.9. The van der Waals surface area contributed by atoms with Crippen LogP contribution in [0.25, 0.3) is 33.6 Å². The highest BCUT2D eigenvalue weighted by molar-refractivity contribution is 5.86. The van der Waals surface area contributed by atoms with Crippen molar-refractivity contribution in [2.24, 2.45) is 0 Å². The van der Waals surface area contributed by atoms with E-state index < -0.39 is 10.7 Å². The predicted molar refractivity (Wildman–Crippen MR) is 165 cm³/mol. The number of aryl methyl sites for hydroxylation is 1. The third-order valence-electron chi connectivity index (χ3n) is 7.07. The Labute approximate surface area is 252 Å². The maximum absolute atomic E-state index is 15.3. The average Bonchev–Trinajstić information content (AvgIpc) is 3.65. The summed E-state index contributed by atoms with van der Waals surface area (Å²) in [7, 11) is 7.12. The molecule has 0 bridgehead atoms. The molecule has 0 aliphatic heterocycles. The number of furan rings is 1. The van der Waals surface area contributed by atoms with E-state index in [1.807, 2.05) is 19.0 Å². The van der Waals surface area contributed by atoms with Crippen molar-refractivity contribution in [2.45, 2.75) is 12.8 Å². The summed E-state index contributed by atoms with van der Waals surface area (Å²) in [6.07, 6.45) is 3.89. The molecule has 2 aromatic carbocycles. The van der Waals surface area contributed by atoms with Gasteiger partial charge in [-0.25, -0.2) is 19.3 Å². The fraction of sp³-hybridized carbons (Fsp3) is 0.300. The second-order valence-corrected chi connectivity index (χ2v) is 10.4. The molecule has 44 heavy (non-hydrogen) atoms. The van der Waals surface area contributed by atoms with Crippen molar-refractivity contribution < 1.29 is 23.6 Å². The number of aromatic nitrogens is 4. The standard InChI is InChI=1S/C30H33FN8O5/c1-37(2)10-11-38(3)23-17-26(43-4)22(16-24(23)39(41)42)34-30-32-9-7-21(33-30)29-28(35-27(36-29)6-5-12-40)19-15-25-18(8-13-44-25)14-20(19)31/h7-9,13-17,40H,5-6,10-12H2,1-4H3,(H,35,36)(H,32,33,34). The van der Waals surface area contributed by atoms with Crippen molar-refractivity contribution >= 4 is 34.0 Å². The molecule has 13 nitrogen and oxygen atoms in total. The topological polar surface area (TPSA) is 159 Å². The average molecular weight is 605 g/mol. The SMILES string of the molecule is COc1cc(N(C)CCN(C)C)c([N+](=O)[O-])cc1Nc1nccc(-c2[nH]c(CCCO)nc2-c2cc3occc3cc2F)n1. The zero-order valence-electron chi connectivity index (χ0n) is 24.8. The van der Waals surface area contributed by atoms with Gasteiger partial charge in [-0.1, -0.05) is 0 Å². The smallest absolute Gasteiger partial charge is 0.294 e. The fourth-order valence-corrected chi connectivity index (χ4v) is 4.76. The van der Waals surface area contributed by atoms with Crippen LogP contribution in [0.4, 0.5) is 27.4 Å². The van der Waals surface area contributed by atoms with Crippen LogP contribution >= 0.6 is 0 Å². The molecule has 0 aliphatic carbocycles. The van der Waals surface area contributed by atoms with Gasteiger partial charge in [-0.3, -0.25) is 10.1 Å². The summed E-state index contributed by atoms with van der Waals surface area (Å²) in [6, 6.07) is 9.28.